The molecule has 3 aromatic heterocycles. The van der Waals surface area contributed by atoms with Crippen molar-refractivity contribution in [3.63, 3.8) is 0 Å². The summed E-state index contributed by atoms with van der Waals surface area (Å²) >= 11 is 0. The van der Waals surface area contributed by atoms with Gasteiger partial charge in [0.2, 0.25) is 0 Å². The molecule has 0 unspecified atom stereocenters. The molecule has 106 valence electrons. The van der Waals surface area contributed by atoms with Crippen LogP contribution < -0.4 is 0 Å². The van der Waals surface area contributed by atoms with Gasteiger partial charge in [0.15, 0.2) is 5.78 Å². The Kier molecular flexibility index (Phi) is 3.29. The molecule has 0 aliphatic carbocycles. The van der Waals surface area contributed by atoms with E-state index in [4.69, 9.17) is 0 Å². The third-order valence-corrected chi connectivity index (χ3v) is 3.73. The van der Waals surface area contributed by atoms with Gasteiger partial charge in [-0.25, -0.2) is 4.98 Å². The van der Waals surface area contributed by atoms with Crippen LogP contribution in [0.15, 0.2) is 36.8 Å². The number of carbonyl (C=O) groups is 1. The molecule has 0 atom stereocenters. The molecule has 4 nitrogen and oxygen atoms in total. The molecule has 21 heavy (non-hydrogen) atoms. The highest BCUT2D eigenvalue weighted by molar-refractivity contribution is 5.98. The van der Waals surface area contributed by atoms with Gasteiger partial charge >= 0.3 is 0 Å². The van der Waals surface area contributed by atoms with Crippen LogP contribution in [-0.2, 0) is 6.42 Å². The van der Waals surface area contributed by atoms with Crippen LogP contribution in [0.3, 0.4) is 0 Å². The fourth-order valence-corrected chi connectivity index (χ4v) is 2.82. The molecule has 0 fully saturated rings. The standard InChI is InChI=1S/C17H17N3O/c1-4-13-16(12(3)21)11(2)9-19-17(13)14-10-18-15-7-5-6-8-20(14)15/h5-10H,4H2,1-3H3. The van der Waals surface area contributed by atoms with Gasteiger partial charge in [-0.2, -0.15) is 0 Å². The number of ketones is 1. The maximum Gasteiger partial charge on any atom is 0.160 e. The first-order chi connectivity index (χ1) is 10.1. The van der Waals surface area contributed by atoms with Gasteiger partial charge in [-0.1, -0.05) is 13.0 Å². The van der Waals surface area contributed by atoms with Gasteiger partial charge in [-0.15, -0.1) is 0 Å². The number of pyridine rings is 2. The molecule has 0 bridgehead atoms. The van der Waals surface area contributed by atoms with E-state index in [1.54, 1.807) is 13.1 Å². The van der Waals surface area contributed by atoms with E-state index in [0.29, 0.717) is 0 Å². The zero-order valence-electron chi connectivity index (χ0n) is 12.4. The van der Waals surface area contributed by atoms with E-state index in [-0.39, 0.29) is 5.78 Å². The Hall–Kier alpha value is -2.49. The fraction of sp³-hybridized carbons (Fsp3) is 0.235. The minimum atomic E-state index is 0.0850. The molecule has 0 saturated heterocycles. The van der Waals surface area contributed by atoms with E-state index in [1.807, 2.05) is 41.9 Å². The van der Waals surface area contributed by atoms with Crippen molar-refractivity contribution in [3.8, 4) is 11.4 Å². The summed E-state index contributed by atoms with van der Waals surface area (Å²) in [5.74, 6) is 0.0850. The van der Waals surface area contributed by atoms with E-state index in [9.17, 15) is 4.79 Å². The van der Waals surface area contributed by atoms with E-state index < -0.39 is 0 Å². The quantitative estimate of drug-likeness (QED) is 0.690. The maximum atomic E-state index is 12.0. The molecular weight excluding hydrogens is 262 g/mol. The van der Waals surface area contributed by atoms with Crippen molar-refractivity contribution < 1.29 is 4.79 Å². The summed E-state index contributed by atoms with van der Waals surface area (Å²) in [6, 6.07) is 5.87. The van der Waals surface area contributed by atoms with Crippen molar-refractivity contribution in [2.45, 2.75) is 27.2 Å². The number of Topliss-reactive ketones (excluding diaryl/α,β-unsaturated/α-hetero) is 1. The lowest BCUT2D eigenvalue weighted by atomic mass is 9.96. The highest BCUT2D eigenvalue weighted by Crippen LogP contribution is 2.27. The van der Waals surface area contributed by atoms with Gasteiger partial charge in [0.1, 0.15) is 5.65 Å². The summed E-state index contributed by atoms with van der Waals surface area (Å²) < 4.78 is 2.00. The molecule has 0 aliphatic rings. The molecular formula is C17H17N3O. The number of hydrogen-bond donors (Lipinski definition) is 0. The number of hydrogen-bond acceptors (Lipinski definition) is 3. The highest BCUT2D eigenvalue weighted by atomic mass is 16.1. The second-order valence-electron chi connectivity index (χ2n) is 5.13. The van der Waals surface area contributed by atoms with E-state index in [1.165, 1.54) is 0 Å². The summed E-state index contributed by atoms with van der Waals surface area (Å²) in [7, 11) is 0. The second-order valence-corrected chi connectivity index (χ2v) is 5.13. The normalized spacial score (nSPS) is 11.0. The lowest BCUT2D eigenvalue weighted by molar-refractivity contribution is 0.101. The Morgan fingerprint density at radius 2 is 2.05 bits per heavy atom. The number of rotatable bonds is 3. The Labute approximate surface area is 123 Å². The average Bonchev–Trinajstić information content (AvgIpc) is 2.90. The summed E-state index contributed by atoms with van der Waals surface area (Å²) in [5.41, 5.74) is 5.34. The number of imidazole rings is 1. The molecule has 0 aromatic carbocycles. The van der Waals surface area contributed by atoms with Crippen LogP contribution in [0.25, 0.3) is 17.0 Å². The molecule has 0 spiro atoms. The Morgan fingerprint density at radius 1 is 1.24 bits per heavy atom. The number of carbonyl (C=O) groups excluding carboxylic acids is 1. The van der Waals surface area contributed by atoms with Crippen molar-refractivity contribution in [3.05, 3.63) is 53.5 Å². The first-order valence-corrected chi connectivity index (χ1v) is 7.05. The summed E-state index contributed by atoms with van der Waals surface area (Å²) in [4.78, 5) is 21.0. The SMILES string of the molecule is CCc1c(-c2cnc3ccccn23)ncc(C)c1C(C)=O. The third kappa shape index (κ3) is 2.13. The molecule has 0 N–H and O–H groups in total. The van der Waals surface area contributed by atoms with Crippen molar-refractivity contribution >= 4 is 11.4 Å². The first-order valence-electron chi connectivity index (χ1n) is 7.05. The molecule has 0 amide bonds. The zero-order chi connectivity index (χ0) is 15.0. The van der Waals surface area contributed by atoms with Crippen LogP contribution in [0, 0.1) is 6.92 Å². The third-order valence-electron chi connectivity index (χ3n) is 3.73. The predicted octanol–water partition coefficient (Wildman–Crippen LogP) is 3.47. The lowest BCUT2D eigenvalue weighted by Gasteiger charge is -2.13. The minimum Gasteiger partial charge on any atom is -0.298 e. The van der Waals surface area contributed by atoms with Crippen LogP contribution in [0.1, 0.15) is 35.3 Å². The van der Waals surface area contributed by atoms with Crippen molar-refractivity contribution in [1.29, 1.82) is 0 Å². The predicted molar refractivity (Wildman–Crippen MR) is 82.5 cm³/mol. The van der Waals surface area contributed by atoms with E-state index in [2.05, 4.69) is 16.9 Å². The number of nitrogens with zero attached hydrogens (tertiary/aromatic N) is 3. The maximum absolute atomic E-state index is 12.0. The van der Waals surface area contributed by atoms with Gasteiger partial charge in [-0.3, -0.25) is 14.2 Å². The smallest absolute Gasteiger partial charge is 0.160 e. The van der Waals surface area contributed by atoms with E-state index >= 15 is 0 Å². The summed E-state index contributed by atoms with van der Waals surface area (Å²) in [6.07, 6.45) is 6.31. The molecule has 3 rings (SSSR count). The van der Waals surface area contributed by atoms with Crippen molar-refractivity contribution in [1.82, 2.24) is 14.4 Å². The largest absolute Gasteiger partial charge is 0.298 e. The summed E-state index contributed by atoms with van der Waals surface area (Å²) in [5, 5.41) is 0. The Morgan fingerprint density at radius 3 is 2.76 bits per heavy atom. The molecule has 4 heteroatoms. The second kappa shape index (κ2) is 5.13. The molecule has 0 aliphatic heterocycles. The summed E-state index contributed by atoms with van der Waals surface area (Å²) in [6.45, 7) is 5.59. The zero-order valence-corrected chi connectivity index (χ0v) is 12.4. The van der Waals surface area contributed by atoms with Gasteiger partial charge in [0.25, 0.3) is 0 Å². The van der Waals surface area contributed by atoms with Gasteiger partial charge in [0, 0.05) is 18.0 Å². The fourth-order valence-electron chi connectivity index (χ4n) is 2.82. The number of aromatic nitrogens is 3. The van der Waals surface area contributed by atoms with Gasteiger partial charge in [0.05, 0.1) is 17.6 Å². The molecule has 3 heterocycles. The van der Waals surface area contributed by atoms with E-state index in [0.717, 1.165) is 40.1 Å². The first kappa shape index (κ1) is 13.5. The number of aryl methyl sites for hydroxylation is 1. The van der Waals surface area contributed by atoms with Crippen LogP contribution in [0.5, 0.6) is 0 Å². The lowest BCUT2D eigenvalue weighted by Crippen LogP contribution is -2.07. The Bertz CT molecular complexity index is 833. The van der Waals surface area contributed by atoms with Crippen LogP contribution in [0.2, 0.25) is 0 Å². The van der Waals surface area contributed by atoms with Crippen LogP contribution >= 0.6 is 0 Å². The minimum absolute atomic E-state index is 0.0850. The van der Waals surface area contributed by atoms with Gasteiger partial charge < -0.3 is 0 Å². The molecule has 0 saturated carbocycles. The van der Waals surface area contributed by atoms with Crippen LogP contribution in [-0.4, -0.2) is 20.2 Å². The van der Waals surface area contributed by atoms with Crippen LogP contribution in [0.4, 0.5) is 0 Å². The highest BCUT2D eigenvalue weighted by Gasteiger charge is 2.18. The van der Waals surface area contributed by atoms with Crippen molar-refractivity contribution in [2.24, 2.45) is 0 Å². The molecule has 0 radical (unpaired) electrons. The van der Waals surface area contributed by atoms with Gasteiger partial charge in [-0.05, 0) is 43.5 Å². The average molecular weight is 279 g/mol. The number of fused-ring (bicyclic) bond motifs is 1. The monoisotopic (exact) mass is 279 g/mol. The Balaban J connectivity index is 2.33. The topological polar surface area (TPSA) is 47.3 Å². The molecule has 3 aromatic rings. The van der Waals surface area contributed by atoms with Crippen molar-refractivity contribution in [2.75, 3.05) is 0 Å².